The Morgan fingerprint density at radius 2 is 1.82 bits per heavy atom. The molecule has 0 aliphatic heterocycles. The van der Waals surface area contributed by atoms with Gasteiger partial charge in [-0.15, -0.1) is 0 Å². The number of benzene rings is 1. The van der Waals surface area contributed by atoms with E-state index in [0.717, 1.165) is 11.8 Å². The number of nitrogen functional groups attached to an aromatic ring is 1. The Morgan fingerprint density at radius 3 is 2.36 bits per heavy atom. The Kier molecular flexibility index (Phi) is 6.96. The first-order valence-corrected chi connectivity index (χ1v) is 9.06. The second-order valence-corrected chi connectivity index (χ2v) is 6.27. The fourth-order valence-electron chi connectivity index (χ4n) is 2.35. The standard InChI is InChI=1S/C19H16N4O4S/c1-3-27-15(24)10-28-19-14(9-21)16(13(8-20)18(22)23-19)17(25)11-4-6-12(26-2)7-5-11/h4-7H,3,10H2,1-2H3,(H2,22,23). The molecule has 0 aliphatic carbocycles. The maximum Gasteiger partial charge on any atom is 0.316 e. The summed E-state index contributed by atoms with van der Waals surface area (Å²) in [5.41, 5.74) is 5.65. The van der Waals surface area contributed by atoms with E-state index in [0.29, 0.717) is 5.75 Å². The summed E-state index contributed by atoms with van der Waals surface area (Å²) >= 11 is 0.916. The minimum Gasteiger partial charge on any atom is -0.497 e. The normalized spacial score (nSPS) is 9.86. The zero-order valence-corrected chi connectivity index (χ0v) is 16.0. The molecule has 0 amide bonds. The summed E-state index contributed by atoms with van der Waals surface area (Å²) in [5.74, 6) is -0.800. The molecule has 0 saturated heterocycles. The second-order valence-electron chi connectivity index (χ2n) is 5.30. The van der Waals surface area contributed by atoms with Gasteiger partial charge in [0.25, 0.3) is 0 Å². The van der Waals surface area contributed by atoms with Crippen molar-refractivity contribution < 1.29 is 19.1 Å². The van der Waals surface area contributed by atoms with Gasteiger partial charge >= 0.3 is 5.97 Å². The van der Waals surface area contributed by atoms with Crippen LogP contribution in [-0.2, 0) is 9.53 Å². The van der Waals surface area contributed by atoms with Crippen LogP contribution in [0.2, 0.25) is 0 Å². The number of thioether (sulfide) groups is 1. The van der Waals surface area contributed by atoms with E-state index in [-0.39, 0.29) is 45.5 Å². The minimum absolute atomic E-state index is 0.0870. The molecule has 9 heteroatoms. The van der Waals surface area contributed by atoms with Crippen molar-refractivity contribution in [2.45, 2.75) is 11.9 Å². The lowest BCUT2D eigenvalue weighted by Gasteiger charge is -2.12. The van der Waals surface area contributed by atoms with Gasteiger partial charge in [-0.05, 0) is 31.2 Å². The quantitative estimate of drug-likeness (QED) is 0.424. The van der Waals surface area contributed by atoms with Crippen molar-refractivity contribution in [2.75, 3.05) is 25.2 Å². The van der Waals surface area contributed by atoms with Crippen molar-refractivity contribution in [3.63, 3.8) is 0 Å². The van der Waals surface area contributed by atoms with Gasteiger partial charge in [0.1, 0.15) is 34.3 Å². The molecule has 28 heavy (non-hydrogen) atoms. The summed E-state index contributed by atoms with van der Waals surface area (Å²) in [5, 5.41) is 19.1. The van der Waals surface area contributed by atoms with Gasteiger partial charge in [0.15, 0.2) is 5.78 Å². The number of carbonyl (C=O) groups excluding carboxylic acids is 2. The fourth-order valence-corrected chi connectivity index (χ4v) is 3.14. The van der Waals surface area contributed by atoms with Crippen molar-refractivity contribution >= 4 is 29.3 Å². The largest absolute Gasteiger partial charge is 0.497 e. The van der Waals surface area contributed by atoms with Gasteiger partial charge in [0, 0.05) is 5.56 Å². The first-order chi connectivity index (χ1) is 13.5. The molecule has 0 aliphatic rings. The highest BCUT2D eigenvalue weighted by Gasteiger charge is 2.25. The lowest BCUT2D eigenvalue weighted by Crippen LogP contribution is -2.13. The lowest BCUT2D eigenvalue weighted by molar-refractivity contribution is -0.139. The Morgan fingerprint density at radius 1 is 1.18 bits per heavy atom. The van der Waals surface area contributed by atoms with E-state index in [1.54, 1.807) is 19.1 Å². The molecule has 2 N–H and O–H groups in total. The SMILES string of the molecule is CCOC(=O)CSc1nc(N)c(C#N)c(C(=O)c2ccc(OC)cc2)c1C#N. The smallest absolute Gasteiger partial charge is 0.316 e. The molecule has 8 nitrogen and oxygen atoms in total. The lowest BCUT2D eigenvalue weighted by atomic mass is 9.96. The zero-order chi connectivity index (χ0) is 20.7. The molecule has 0 fully saturated rings. The van der Waals surface area contributed by atoms with Gasteiger partial charge in [0.05, 0.1) is 30.6 Å². The number of esters is 1. The van der Waals surface area contributed by atoms with Gasteiger partial charge in [-0.1, -0.05) is 11.8 Å². The highest BCUT2D eigenvalue weighted by molar-refractivity contribution is 7.99. The second kappa shape index (κ2) is 9.40. The van der Waals surface area contributed by atoms with Crippen LogP contribution in [0.5, 0.6) is 5.75 Å². The molecule has 1 aromatic carbocycles. The molecule has 0 atom stereocenters. The van der Waals surface area contributed by atoms with Crippen LogP contribution in [0, 0.1) is 22.7 Å². The van der Waals surface area contributed by atoms with Crippen molar-refractivity contribution in [3.8, 4) is 17.9 Å². The number of rotatable bonds is 7. The summed E-state index contributed by atoms with van der Waals surface area (Å²) in [4.78, 5) is 28.7. The van der Waals surface area contributed by atoms with Crippen LogP contribution < -0.4 is 10.5 Å². The molecular weight excluding hydrogens is 380 g/mol. The average molecular weight is 396 g/mol. The maximum absolute atomic E-state index is 13.0. The maximum atomic E-state index is 13.0. The van der Waals surface area contributed by atoms with Gasteiger partial charge in [-0.25, -0.2) is 4.98 Å². The Labute approximate surface area is 165 Å². The first-order valence-electron chi connectivity index (χ1n) is 8.07. The highest BCUT2D eigenvalue weighted by atomic mass is 32.2. The number of hydrogen-bond donors (Lipinski definition) is 1. The summed E-state index contributed by atoms with van der Waals surface area (Å²) in [7, 11) is 1.50. The van der Waals surface area contributed by atoms with Gasteiger partial charge in [-0.2, -0.15) is 10.5 Å². The van der Waals surface area contributed by atoms with E-state index in [4.69, 9.17) is 15.2 Å². The number of nitriles is 2. The first kappa shape index (κ1) is 20.7. The third kappa shape index (κ3) is 4.40. The van der Waals surface area contributed by atoms with Crippen LogP contribution in [0.3, 0.4) is 0 Å². The van der Waals surface area contributed by atoms with E-state index < -0.39 is 11.8 Å². The molecule has 0 unspecified atom stereocenters. The van der Waals surface area contributed by atoms with Crippen LogP contribution >= 0.6 is 11.8 Å². The number of carbonyl (C=O) groups is 2. The van der Waals surface area contributed by atoms with Crippen LogP contribution in [0.25, 0.3) is 0 Å². The molecule has 0 saturated carbocycles. The number of ether oxygens (including phenoxy) is 2. The molecule has 0 spiro atoms. The predicted molar refractivity (Wildman–Crippen MR) is 102 cm³/mol. The molecule has 1 heterocycles. The molecule has 0 radical (unpaired) electrons. The van der Waals surface area contributed by atoms with Crippen molar-refractivity contribution in [2.24, 2.45) is 0 Å². The third-order valence-electron chi connectivity index (χ3n) is 3.63. The Bertz CT molecular complexity index is 991. The number of pyridine rings is 1. The summed E-state index contributed by atoms with van der Waals surface area (Å²) in [6.07, 6.45) is 0. The topological polar surface area (TPSA) is 139 Å². The highest BCUT2D eigenvalue weighted by Crippen LogP contribution is 2.30. The number of anilines is 1. The van der Waals surface area contributed by atoms with Crippen molar-refractivity contribution in [1.29, 1.82) is 10.5 Å². The van der Waals surface area contributed by atoms with E-state index >= 15 is 0 Å². The van der Waals surface area contributed by atoms with Crippen LogP contribution in [0.4, 0.5) is 5.82 Å². The summed E-state index contributed by atoms with van der Waals surface area (Å²) < 4.78 is 9.91. The molecule has 142 valence electrons. The van der Waals surface area contributed by atoms with Crippen LogP contribution in [0.1, 0.15) is 34.0 Å². The fraction of sp³-hybridized carbons (Fsp3) is 0.211. The number of aromatic nitrogens is 1. The summed E-state index contributed by atoms with van der Waals surface area (Å²) in [6, 6.07) is 9.96. The Balaban J connectivity index is 2.54. The van der Waals surface area contributed by atoms with Gasteiger partial charge in [-0.3, -0.25) is 9.59 Å². The van der Waals surface area contributed by atoms with E-state index in [1.807, 2.05) is 12.1 Å². The number of nitrogens with two attached hydrogens (primary N) is 1. The number of hydrogen-bond acceptors (Lipinski definition) is 9. The van der Waals surface area contributed by atoms with Crippen molar-refractivity contribution in [3.05, 3.63) is 46.5 Å². The van der Waals surface area contributed by atoms with Gasteiger partial charge in [0.2, 0.25) is 0 Å². The number of ketones is 1. The van der Waals surface area contributed by atoms with Crippen LogP contribution in [0.15, 0.2) is 29.3 Å². The average Bonchev–Trinajstić information content (AvgIpc) is 2.71. The molecule has 2 rings (SSSR count). The molecule has 1 aromatic heterocycles. The van der Waals surface area contributed by atoms with Crippen LogP contribution in [-0.4, -0.2) is 36.2 Å². The van der Waals surface area contributed by atoms with Gasteiger partial charge < -0.3 is 15.2 Å². The van der Waals surface area contributed by atoms with E-state index in [1.165, 1.54) is 19.2 Å². The monoisotopic (exact) mass is 396 g/mol. The Hall–Kier alpha value is -3.56. The molecule has 0 bridgehead atoms. The molecular formula is C19H16N4O4S. The minimum atomic E-state index is -0.553. The van der Waals surface area contributed by atoms with E-state index in [2.05, 4.69) is 4.98 Å². The number of methoxy groups -OCH3 is 1. The molecule has 2 aromatic rings. The predicted octanol–water partition coefficient (Wildman–Crippen LogP) is 2.30. The van der Waals surface area contributed by atoms with Crippen molar-refractivity contribution in [1.82, 2.24) is 4.98 Å². The van der Waals surface area contributed by atoms with E-state index in [9.17, 15) is 20.1 Å². The zero-order valence-electron chi connectivity index (χ0n) is 15.2. The third-order valence-corrected chi connectivity index (χ3v) is 4.58. The number of nitrogens with zero attached hydrogens (tertiary/aromatic N) is 3. The summed E-state index contributed by atoms with van der Waals surface area (Å²) in [6.45, 7) is 1.89.